The molecule has 0 bridgehead atoms. The lowest BCUT2D eigenvalue weighted by Crippen LogP contribution is -2.06. The Morgan fingerprint density at radius 2 is 1.96 bits per heavy atom. The minimum absolute atomic E-state index is 0.242. The van der Waals surface area contributed by atoms with Crippen LogP contribution in [0.15, 0.2) is 54.9 Å². The number of fused-ring (bicyclic) bond motifs is 2. The van der Waals surface area contributed by atoms with Crippen LogP contribution in [0.1, 0.15) is 11.4 Å². The topological polar surface area (TPSA) is 108 Å². The molecule has 0 aliphatic carbocycles. The highest BCUT2D eigenvalue weighted by Gasteiger charge is 2.12. The standard InChI is InChI=1S/C21H19N7/c1-12-26-18-6-5-13(9-19(18)27-12)10-24-20-16(11-25-21(22)28-20)14-3-2-4-17-15(14)7-8-23-17/h2-9,11,23H,10H2,1H3,(H,26,27)(H3,22,24,25,28). The molecule has 0 aliphatic heterocycles. The number of nitrogens with two attached hydrogens (primary N) is 1. The average Bonchev–Trinajstić information content (AvgIpc) is 3.31. The summed E-state index contributed by atoms with van der Waals surface area (Å²) in [6.07, 6.45) is 3.70. The number of nitrogens with one attached hydrogen (secondary N) is 3. The van der Waals surface area contributed by atoms with E-state index in [9.17, 15) is 0 Å². The number of hydrogen-bond acceptors (Lipinski definition) is 5. The van der Waals surface area contributed by atoms with Gasteiger partial charge in [-0.3, -0.25) is 0 Å². The van der Waals surface area contributed by atoms with Crippen molar-refractivity contribution < 1.29 is 0 Å². The molecule has 0 aliphatic rings. The molecule has 5 N–H and O–H groups in total. The average molecular weight is 369 g/mol. The maximum absolute atomic E-state index is 5.86. The summed E-state index contributed by atoms with van der Waals surface area (Å²) in [5, 5.41) is 4.54. The van der Waals surface area contributed by atoms with Crippen LogP contribution < -0.4 is 11.1 Å². The van der Waals surface area contributed by atoms with Gasteiger partial charge >= 0.3 is 0 Å². The van der Waals surface area contributed by atoms with Crippen LogP contribution in [-0.2, 0) is 6.54 Å². The Labute approximate surface area is 161 Å². The second kappa shape index (κ2) is 6.38. The van der Waals surface area contributed by atoms with Crippen LogP contribution in [0.25, 0.3) is 33.1 Å². The van der Waals surface area contributed by atoms with E-state index in [1.807, 2.05) is 31.3 Å². The fraction of sp³-hybridized carbons (Fsp3) is 0.0952. The van der Waals surface area contributed by atoms with E-state index in [-0.39, 0.29) is 5.95 Å². The fourth-order valence-electron chi connectivity index (χ4n) is 3.52. The molecule has 3 aromatic heterocycles. The first-order valence-corrected chi connectivity index (χ1v) is 9.05. The van der Waals surface area contributed by atoms with Gasteiger partial charge in [0.05, 0.1) is 11.0 Å². The van der Waals surface area contributed by atoms with E-state index in [2.05, 4.69) is 54.5 Å². The largest absolute Gasteiger partial charge is 0.368 e. The maximum atomic E-state index is 5.86. The maximum Gasteiger partial charge on any atom is 0.221 e. The molecule has 138 valence electrons. The zero-order chi connectivity index (χ0) is 19.1. The number of nitrogens with zero attached hydrogens (tertiary/aromatic N) is 3. The molecule has 3 heterocycles. The van der Waals surface area contributed by atoms with Gasteiger partial charge in [0.1, 0.15) is 11.6 Å². The van der Waals surface area contributed by atoms with Crippen molar-refractivity contribution in [3.8, 4) is 11.1 Å². The second-order valence-electron chi connectivity index (χ2n) is 6.76. The van der Waals surface area contributed by atoms with E-state index in [1.54, 1.807) is 6.20 Å². The van der Waals surface area contributed by atoms with Crippen LogP contribution in [0.3, 0.4) is 0 Å². The van der Waals surface area contributed by atoms with Gasteiger partial charge in [-0.15, -0.1) is 0 Å². The summed E-state index contributed by atoms with van der Waals surface area (Å²) in [6, 6.07) is 14.4. The Hall–Kier alpha value is -3.87. The molecule has 2 aromatic carbocycles. The minimum atomic E-state index is 0.242. The van der Waals surface area contributed by atoms with Gasteiger partial charge in [-0.1, -0.05) is 18.2 Å². The third kappa shape index (κ3) is 2.83. The number of benzene rings is 2. The van der Waals surface area contributed by atoms with Crippen molar-refractivity contribution in [1.82, 2.24) is 24.9 Å². The monoisotopic (exact) mass is 369 g/mol. The van der Waals surface area contributed by atoms with E-state index in [1.165, 1.54) is 0 Å². The van der Waals surface area contributed by atoms with Crippen molar-refractivity contribution in [2.45, 2.75) is 13.5 Å². The lowest BCUT2D eigenvalue weighted by Gasteiger charge is -2.12. The quantitative estimate of drug-likeness (QED) is 0.383. The van der Waals surface area contributed by atoms with Crippen molar-refractivity contribution in [3.05, 3.63) is 66.2 Å². The van der Waals surface area contributed by atoms with E-state index in [0.29, 0.717) is 12.4 Å². The third-order valence-electron chi connectivity index (χ3n) is 4.82. The first-order chi connectivity index (χ1) is 13.7. The van der Waals surface area contributed by atoms with Crippen molar-refractivity contribution in [1.29, 1.82) is 0 Å². The first kappa shape index (κ1) is 16.3. The molecular weight excluding hydrogens is 350 g/mol. The van der Waals surface area contributed by atoms with Crippen molar-refractivity contribution >= 4 is 33.7 Å². The Balaban J connectivity index is 1.51. The molecule has 7 nitrogen and oxygen atoms in total. The third-order valence-corrected chi connectivity index (χ3v) is 4.82. The molecule has 0 spiro atoms. The molecule has 28 heavy (non-hydrogen) atoms. The summed E-state index contributed by atoms with van der Waals surface area (Å²) in [5.41, 5.74) is 12.0. The predicted molar refractivity (Wildman–Crippen MR) is 112 cm³/mol. The number of imidazole rings is 1. The number of aromatic amines is 2. The number of rotatable bonds is 4. The molecular formula is C21H19N7. The van der Waals surface area contributed by atoms with Crippen LogP contribution in [0, 0.1) is 6.92 Å². The zero-order valence-electron chi connectivity index (χ0n) is 15.3. The Kier molecular flexibility index (Phi) is 3.72. The summed E-state index contributed by atoms with van der Waals surface area (Å²) < 4.78 is 0. The number of H-pyrrole nitrogens is 2. The molecule has 0 saturated carbocycles. The molecule has 5 aromatic rings. The SMILES string of the molecule is Cc1nc2cc(CNc3nc(N)ncc3-c3cccc4[nH]ccc34)ccc2[nH]1. The molecule has 0 radical (unpaired) electrons. The summed E-state index contributed by atoms with van der Waals surface area (Å²) >= 11 is 0. The second-order valence-corrected chi connectivity index (χ2v) is 6.76. The van der Waals surface area contributed by atoms with Gasteiger partial charge in [-0.2, -0.15) is 4.98 Å². The predicted octanol–water partition coefficient (Wildman–Crippen LogP) is 4.00. The van der Waals surface area contributed by atoms with Gasteiger partial charge in [-0.05, 0) is 42.3 Å². The highest BCUT2D eigenvalue weighted by atomic mass is 15.1. The summed E-state index contributed by atoms with van der Waals surface area (Å²) in [7, 11) is 0. The molecule has 0 atom stereocenters. The minimum Gasteiger partial charge on any atom is -0.368 e. The number of hydrogen-bond donors (Lipinski definition) is 4. The van der Waals surface area contributed by atoms with Crippen molar-refractivity contribution in [2.24, 2.45) is 0 Å². The summed E-state index contributed by atoms with van der Waals surface area (Å²) in [6.45, 7) is 2.56. The van der Waals surface area contributed by atoms with Crippen LogP contribution in [0.2, 0.25) is 0 Å². The van der Waals surface area contributed by atoms with Crippen LogP contribution >= 0.6 is 0 Å². The number of nitrogen functional groups attached to an aromatic ring is 1. The number of aromatic nitrogens is 5. The van der Waals surface area contributed by atoms with E-state index >= 15 is 0 Å². The Morgan fingerprint density at radius 1 is 1.04 bits per heavy atom. The fourth-order valence-corrected chi connectivity index (χ4v) is 3.52. The molecule has 0 saturated heterocycles. The number of anilines is 2. The first-order valence-electron chi connectivity index (χ1n) is 9.05. The van der Waals surface area contributed by atoms with Crippen LogP contribution in [0.4, 0.5) is 11.8 Å². The smallest absolute Gasteiger partial charge is 0.221 e. The van der Waals surface area contributed by atoms with Crippen LogP contribution in [-0.4, -0.2) is 24.9 Å². The van der Waals surface area contributed by atoms with E-state index < -0.39 is 0 Å². The summed E-state index contributed by atoms with van der Waals surface area (Å²) in [4.78, 5) is 19.6. The van der Waals surface area contributed by atoms with Gasteiger partial charge < -0.3 is 21.0 Å². The molecule has 0 amide bonds. The van der Waals surface area contributed by atoms with Gasteiger partial charge in [-0.25, -0.2) is 9.97 Å². The number of aryl methyl sites for hydroxylation is 1. The molecule has 7 heteroatoms. The van der Waals surface area contributed by atoms with Gasteiger partial charge in [0, 0.05) is 35.4 Å². The molecule has 0 fully saturated rings. The highest BCUT2D eigenvalue weighted by molar-refractivity contribution is 5.97. The van der Waals surface area contributed by atoms with E-state index in [4.69, 9.17) is 5.73 Å². The molecule has 0 unspecified atom stereocenters. The van der Waals surface area contributed by atoms with Crippen LogP contribution in [0.5, 0.6) is 0 Å². The summed E-state index contributed by atoms with van der Waals surface area (Å²) in [5.74, 6) is 1.86. The Bertz CT molecular complexity index is 1300. The van der Waals surface area contributed by atoms with Crippen molar-refractivity contribution in [3.63, 3.8) is 0 Å². The highest BCUT2D eigenvalue weighted by Crippen LogP contribution is 2.32. The normalized spacial score (nSPS) is 11.3. The lowest BCUT2D eigenvalue weighted by molar-refractivity contribution is 1.09. The lowest BCUT2D eigenvalue weighted by atomic mass is 10.0. The van der Waals surface area contributed by atoms with Gasteiger partial charge in [0.2, 0.25) is 5.95 Å². The van der Waals surface area contributed by atoms with Gasteiger partial charge in [0.15, 0.2) is 0 Å². The zero-order valence-corrected chi connectivity index (χ0v) is 15.3. The van der Waals surface area contributed by atoms with Crippen molar-refractivity contribution in [2.75, 3.05) is 11.1 Å². The van der Waals surface area contributed by atoms with Gasteiger partial charge in [0.25, 0.3) is 0 Å². The molecule has 5 rings (SSSR count). The van der Waals surface area contributed by atoms with E-state index in [0.717, 1.165) is 44.5 Å². The Morgan fingerprint density at radius 3 is 2.89 bits per heavy atom.